The summed E-state index contributed by atoms with van der Waals surface area (Å²) in [5.74, 6) is 5.60. The van der Waals surface area contributed by atoms with E-state index in [1.807, 2.05) is 97.1 Å². The van der Waals surface area contributed by atoms with Gasteiger partial charge in [0.05, 0.1) is 52.9 Å². The van der Waals surface area contributed by atoms with Gasteiger partial charge in [0, 0.05) is 0 Å². The number of rotatable bonds is 0. The van der Waals surface area contributed by atoms with Gasteiger partial charge in [0.2, 0.25) is 0 Å². The Morgan fingerprint density at radius 2 is 0.327 bits per heavy atom. The minimum atomic E-state index is 0.441. The molecule has 0 radical (unpaired) electrons. The number of hydrogen-bond donors (Lipinski definition) is 0. The molecular weight excluding hydrogens is 672 g/mol. The highest BCUT2D eigenvalue weighted by Crippen LogP contribution is 2.29. The van der Waals surface area contributed by atoms with Crippen molar-refractivity contribution in [2.24, 2.45) is 0 Å². The van der Waals surface area contributed by atoms with E-state index in [4.69, 9.17) is 56.8 Å². The van der Waals surface area contributed by atoms with Gasteiger partial charge in [0.15, 0.2) is 46.0 Å². The van der Waals surface area contributed by atoms with Crippen molar-refractivity contribution >= 4 is 0 Å². The molecule has 0 amide bonds. The Kier molecular flexibility index (Phi) is 17.4. The van der Waals surface area contributed by atoms with Crippen molar-refractivity contribution in [1.82, 2.24) is 0 Å². The molecule has 12 nitrogen and oxygen atoms in total. The smallest absolute Gasteiger partial charge is 0.161 e. The SMILES string of the molecule is c1ccc2c(c1)OCCOCCOc1ccccc1OCCOCCO2.c1ccc2c(c1)OCCOCCOc1ccccc1OCCOCCO2. The Bertz CT molecular complexity index is 1210. The lowest BCUT2D eigenvalue weighted by molar-refractivity contribution is 0.0640. The average molecular weight is 721 g/mol. The molecule has 4 aromatic rings. The summed E-state index contributed by atoms with van der Waals surface area (Å²) in [5, 5.41) is 0. The summed E-state index contributed by atoms with van der Waals surface area (Å²) in [6.07, 6.45) is 0. The molecular formula is C40H48O12. The molecule has 0 bridgehead atoms. The van der Waals surface area contributed by atoms with Crippen molar-refractivity contribution in [1.29, 1.82) is 0 Å². The molecule has 0 fully saturated rings. The van der Waals surface area contributed by atoms with Crippen LogP contribution in [0.3, 0.4) is 0 Å². The van der Waals surface area contributed by atoms with Crippen LogP contribution in [0.15, 0.2) is 97.1 Å². The number of fused-ring (bicyclic) bond motifs is 4. The third-order valence-corrected chi connectivity index (χ3v) is 7.28. The van der Waals surface area contributed by atoms with E-state index in [0.717, 1.165) is 0 Å². The fraction of sp³-hybridized carbons (Fsp3) is 0.400. The summed E-state index contributed by atoms with van der Waals surface area (Å²) >= 11 is 0. The Morgan fingerprint density at radius 1 is 0.192 bits per heavy atom. The summed E-state index contributed by atoms with van der Waals surface area (Å²) in [6.45, 7) is 7.30. The number of ether oxygens (including phenoxy) is 12. The molecule has 0 saturated carbocycles. The van der Waals surface area contributed by atoms with Crippen LogP contribution in [0.1, 0.15) is 0 Å². The predicted molar refractivity (Wildman–Crippen MR) is 193 cm³/mol. The van der Waals surface area contributed by atoms with Crippen molar-refractivity contribution in [2.45, 2.75) is 0 Å². The Hall–Kier alpha value is -4.88. The first-order chi connectivity index (χ1) is 25.9. The van der Waals surface area contributed by atoms with Crippen molar-refractivity contribution in [2.75, 3.05) is 106 Å². The fourth-order valence-electron chi connectivity index (χ4n) is 4.85. The number of hydrogen-bond acceptors (Lipinski definition) is 12. The average Bonchev–Trinajstić information content (AvgIpc) is 3.18. The van der Waals surface area contributed by atoms with Gasteiger partial charge in [-0.15, -0.1) is 0 Å². The number of para-hydroxylation sites is 8. The molecule has 0 atom stereocenters. The van der Waals surface area contributed by atoms with Gasteiger partial charge in [-0.1, -0.05) is 48.5 Å². The van der Waals surface area contributed by atoms with Crippen LogP contribution < -0.4 is 37.9 Å². The predicted octanol–water partition coefficient (Wildman–Crippen LogP) is 5.90. The summed E-state index contributed by atoms with van der Waals surface area (Å²) in [7, 11) is 0. The summed E-state index contributed by atoms with van der Waals surface area (Å²) in [5.41, 5.74) is 0. The molecule has 280 valence electrons. The van der Waals surface area contributed by atoms with Crippen LogP contribution in [-0.2, 0) is 18.9 Å². The molecule has 0 aliphatic carbocycles. The normalized spacial score (nSPS) is 16.9. The van der Waals surface area contributed by atoms with Crippen LogP contribution in [0.25, 0.3) is 0 Å². The van der Waals surface area contributed by atoms with Gasteiger partial charge in [-0.3, -0.25) is 0 Å². The minimum absolute atomic E-state index is 0.441. The second-order valence-electron chi connectivity index (χ2n) is 11.0. The van der Waals surface area contributed by atoms with Crippen molar-refractivity contribution < 1.29 is 56.8 Å². The second-order valence-corrected chi connectivity index (χ2v) is 11.0. The van der Waals surface area contributed by atoms with Gasteiger partial charge in [0.25, 0.3) is 0 Å². The highest BCUT2D eigenvalue weighted by atomic mass is 16.6. The molecule has 52 heavy (non-hydrogen) atoms. The molecule has 12 heteroatoms. The van der Waals surface area contributed by atoms with Crippen LogP contribution in [-0.4, -0.2) is 106 Å². The van der Waals surface area contributed by atoms with Crippen molar-refractivity contribution in [3.05, 3.63) is 97.1 Å². The molecule has 6 rings (SSSR count). The van der Waals surface area contributed by atoms with Crippen molar-refractivity contribution in [3.63, 3.8) is 0 Å². The molecule has 2 aliphatic heterocycles. The molecule has 0 spiro atoms. The van der Waals surface area contributed by atoms with Gasteiger partial charge in [0.1, 0.15) is 52.9 Å². The zero-order chi connectivity index (χ0) is 35.7. The maximum Gasteiger partial charge on any atom is 0.161 e. The molecule has 0 N–H and O–H groups in total. The maximum absolute atomic E-state index is 5.74. The van der Waals surface area contributed by atoms with Gasteiger partial charge >= 0.3 is 0 Å². The van der Waals surface area contributed by atoms with E-state index in [1.165, 1.54) is 0 Å². The third kappa shape index (κ3) is 14.0. The highest BCUT2D eigenvalue weighted by Gasteiger charge is 2.09. The van der Waals surface area contributed by atoms with Crippen LogP contribution >= 0.6 is 0 Å². The van der Waals surface area contributed by atoms with E-state index in [-0.39, 0.29) is 0 Å². The first-order valence-electron chi connectivity index (χ1n) is 17.6. The zero-order valence-corrected chi connectivity index (χ0v) is 29.5. The quantitative estimate of drug-likeness (QED) is 0.216. The standard InChI is InChI=1S/2C20H24O6/c2*1-2-6-18-17(5-1)23-13-9-21-11-15-25-19-7-3-4-8-20(19)26-16-12-22-10-14-24-18/h2*1-8H,9-16H2. The second kappa shape index (κ2) is 23.6. The molecule has 0 saturated heterocycles. The van der Waals surface area contributed by atoms with Crippen LogP contribution in [0.5, 0.6) is 46.0 Å². The van der Waals surface area contributed by atoms with Gasteiger partial charge in [-0.25, -0.2) is 0 Å². The molecule has 2 heterocycles. The van der Waals surface area contributed by atoms with Gasteiger partial charge in [-0.05, 0) is 48.5 Å². The van der Waals surface area contributed by atoms with Crippen LogP contribution in [0.2, 0.25) is 0 Å². The molecule has 4 aromatic carbocycles. The molecule has 0 unspecified atom stereocenters. The monoisotopic (exact) mass is 720 g/mol. The number of benzene rings is 4. The lowest BCUT2D eigenvalue weighted by Crippen LogP contribution is -2.15. The topological polar surface area (TPSA) is 111 Å². The van der Waals surface area contributed by atoms with Crippen LogP contribution in [0, 0.1) is 0 Å². The van der Waals surface area contributed by atoms with E-state index in [9.17, 15) is 0 Å². The fourth-order valence-corrected chi connectivity index (χ4v) is 4.85. The van der Waals surface area contributed by atoms with Gasteiger partial charge < -0.3 is 56.8 Å². The van der Waals surface area contributed by atoms with Crippen LogP contribution in [0.4, 0.5) is 0 Å². The Morgan fingerprint density at radius 3 is 0.462 bits per heavy atom. The minimum Gasteiger partial charge on any atom is -0.487 e. The van der Waals surface area contributed by atoms with E-state index in [2.05, 4.69) is 0 Å². The summed E-state index contributed by atoms with van der Waals surface area (Å²) in [6, 6.07) is 30.3. The lowest BCUT2D eigenvalue weighted by atomic mass is 10.3. The maximum atomic E-state index is 5.74. The van der Waals surface area contributed by atoms with E-state index < -0.39 is 0 Å². The first kappa shape index (κ1) is 38.4. The van der Waals surface area contributed by atoms with E-state index >= 15 is 0 Å². The Labute approximate surface area is 305 Å². The Balaban J connectivity index is 0.000000201. The van der Waals surface area contributed by atoms with Crippen molar-refractivity contribution in [3.8, 4) is 46.0 Å². The zero-order valence-electron chi connectivity index (χ0n) is 29.5. The largest absolute Gasteiger partial charge is 0.487 e. The summed E-state index contributed by atoms with van der Waals surface area (Å²) < 4.78 is 68.1. The lowest BCUT2D eigenvalue weighted by Gasteiger charge is -2.15. The van der Waals surface area contributed by atoms with E-state index in [1.54, 1.807) is 0 Å². The first-order valence-corrected chi connectivity index (χ1v) is 17.6. The third-order valence-electron chi connectivity index (χ3n) is 7.28. The van der Waals surface area contributed by atoms with Gasteiger partial charge in [-0.2, -0.15) is 0 Å². The molecule has 2 aliphatic rings. The van der Waals surface area contributed by atoms with E-state index in [0.29, 0.717) is 152 Å². The molecule has 0 aromatic heterocycles. The summed E-state index contributed by atoms with van der Waals surface area (Å²) in [4.78, 5) is 0. The highest BCUT2D eigenvalue weighted by molar-refractivity contribution is 5.41.